The van der Waals surface area contributed by atoms with E-state index in [1.54, 1.807) is 0 Å². The number of anilines is 1. The van der Waals surface area contributed by atoms with Gasteiger partial charge in [0, 0.05) is 17.2 Å². The van der Waals surface area contributed by atoms with E-state index in [2.05, 4.69) is 31.4 Å². The Hall–Kier alpha value is -2.32. The molecule has 27 heavy (non-hydrogen) atoms. The predicted molar refractivity (Wildman–Crippen MR) is 110 cm³/mol. The van der Waals surface area contributed by atoms with Gasteiger partial charge in [0.25, 0.3) is 0 Å². The molecule has 0 spiro atoms. The minimum absolute atomic E-state index is 0.0875. The largest absolute Gasteiger partial charge is 0.486 e. The monoisotopic (exact) mass is 446 g/mol. The van der Waals surface area contributed by atoms with Gasteiger partial charge in [-0.2, -0.15) is 0 Å². The van der Waals surface area contributed by atoms with Crippen molar-refractivity contribution in [3.8, 4) is 5.75 Å². The van der Waals surface area contributed by atoms with E-state index in [1.807, 2.05) is 67.1 Å². The number of thioether (sulfide) groups is 1. The predicted octanol–water partition coefficient (Wildman–Crippen LogP) is 4.20. The molecular formula is C19H19BrN4O2S. The maximum absolute atomic E-state index is 12.2. The highest BCUT2D eigenvalue weighted by Gasteiger charge is 2.12. The van der Waals surface area contributed by atoms with Gasteiger partial charge in [-0.3, -0.25) is 4.79 Å². The lowest BCUT2D eigenvalue weighted by atomic mass is 10.2. The third-order valence-corrected chi connectivity index (χ3v) is 5.34. The summed E-state index contributed by atoms with van der Waals surface area (Å²) < 4.78 is 8.52. The first-order valence-corrected chi connectivity index (χ1v) is 10.1. The Morgan fingerprint density at radius 1 is 1.22 bits per heavy atom. The van der Waals surface area contributed by atoms with Crippen LogP contribution in [0.1, 0.15) is 11.4 Å². The number of aryl methyl sites for hydroxylation is 1. The molecule has 8 heteroatoms. The first-order chi connectivity index (χ1) is 13.0. The number of carbonyl (C=O) groups is 1. The molecule has 0 aliphatic rings. The van der Waals surface area contributed by atoms with Crippen molar-refractivity contribution in [2.24, 2.45) is 7.05 Å². The van der Waals surface area contributed by atoms with Crippen molar-refractivity contribution >= 4 is 39.3 Å². The molecule has 0 saturated carbocycles. The van der Waals surface area contributed by atoms with Crippen LogP contribution in [0.15, 0.2) is 58.2 Å². The summed E-state index contributed by atoms with van der Waals surface area (Å²) in [5.41, 5.74) is 1.81. The number of nitrogens with zero attached hydrogens (tertiary/aromatic N) is 3. The quantitative estimate of drug-likeness (QED) is 0.550. The molecule has 1 N–H and O–H groups in total. The van der Waals surface area contributed by atoms with Gasteiger partial charge in [-0.15, -0.1) is 10.2 Å². The first kappa shape index (κ1) is 19.4. The molecule has 0 aliphatic carbocycles. The van der Waals surface area contributed by atoms with E-state index in [0.29, 0.717) is 17.6 Å². The fraction of sp³-hybridized carbons (Fsp3) is 0.211. The maximum atomic E-state index is 12.2. The average molecular weight is 447 g/mol. The number of amides is 1. The number of aromatic nitrogens is 3. The molecule has 2 aromatic carbocycles. The van der Waals surface area contributed by atoms with Crippen LogP contribution >= 0.6 is 27.7 Å². The second-order valence-electron chi connectivity index (χ2n) is 5.86. The Morgan fingerprint density at radius 2 is 2.00 bits per heavy atom. The van der Waals surface area contributed by atoms with Gasteiger partial charge in [0.05, 0.1) is 5.75 Å². The summed E-state index contributed by atoms with van der Waals surface area (Å²) in [6.07, 6.45) is 0. The molecule has 1 amide bonds. The van der Waals surface area contributed by atoms with Crippen molar-refractivity contribution < 1.29 is 9.53 Å². The van der Waals surface area contributed by atoms with Crippen LogP contribution in [-0.4, -0.2) is 26.4 Å². The molecule has 0 fully saturated rings. The average Bonchev–Trinajstić information content (AvgIpc) is 3.01. The number of nitrogens with one attached hydrogen (secondary N) is 1. The van der Waals surface area contributed by atoms with E-state index in [-0.39, 0.29) is 11.7 Å². The van der Waals surface area contributed by atoms with Crippen molar-refractivity contribution in [3.05, 3.63) is 64.4 Å². The molecule has 0 unspecified atom stereocenters. The van der Waals surface area contributed by atoms with Gasteiger partial charge in [-0.1, -0.05) is 45.9 Å². The smallest absolute Gasteiger partial charge is 0.234 e. The summed E-state index contributed by atoms with van der Waals surface area (Å²) in [5, 5.41) is 11.9. The van der Waals surface area contributed by atoms with Gasteiger partial charge < -0.3 is 14.6 Å². The van der Waals surface area contributed by atoms with Crippen molar-refractivity contribution in [2.45, 2.75) is 18.7 Å². The van der Waals surface area contributed by atoms with E-state index >= 15 is 0 Å². The number of benzene rings is 2. The van der Waals surface area contributed by atoms with Gasteiger partial charge in [-0.25, -0.2) is 0 Å². The minimum atomic E-state index is -0.0875. The topological polar surface area (TPSA) is 69.0 Å². The molecule has 140 valence electrons. The Kier molecular flexibility index (Phi) is 6.52. The summed E-state index contributed by atoms with van der Waals surface area (Å²) >= 11 is 4.76. The van der Waals surface area contributed by atoms with Crippen LogP contribution in [0.3, 0.4) is 0 Å². The Morgan fingerprint density at radius 3 is 2.74 bits per heavy atom. The van der Waals surface area contributed by atoms with Crippen molar-refractivity contribution in [1.82, 2.24) is 14.8 Å². The first-order valence-electron chi connectivity index (χ1n) is 8.28. The standard InChI is InChI=1S/C19H19BrN4O2S/c1-13-10-14(20)8-9-16(13)21-18(25)12-27-19-23-22-17(24(19)2)11-26-15-6-4-3-5-7-15/h3-10H,11-12H2,1-2H3,(H,21,25). The van der Waals surface area contributed by atoms with Crippen LogP contribution in [-0.2, 0) is 18.4 Å². The molecule has 3 rings (SSSR count). The summed E-state index contributed by atoms with van der Waals surface area (Å²) in [4.78, 5) is 12.2. The normalized spacial score (nSPS) is 10.6. The molecule has 1 heterocycles. The van der Waals surface area contributed by atoms with Crippen LogP contribution < -0.4 is 10.1 Å². The number of hydrogen-bond acceptors (Lipinski definition) is 5. The Balaban J connectivity index is 1.53. The van der Waals surface area contributed by atoms with Gasteiger partial charge >= 0.3 is 0 Å². The van der Waals surface area contributed by atoms with Gasteiger partial charge in [0.2, 0.25) is 5.91 Å². The van der Waals surface area contributed by atoms with Crippen molar-refractivity contribution in [1.29, 1.82) is 0 Å². The van der Waals surface area contributed by atoms with E-state index in [0.717, 1.165) is 21.5 Å². The number of ether oxygens (including phenoxy) is 1. The Labute approximate surface area is 170 Å². The number of rotatable bonds is 7. The van der Waals surface area contributed by atoms with Crippen LogP contribution in [0, 0.1) is 6.92 Å². The van der Waals surface area contributed by atoms with E-state index in [4.69, 9.17) is 4.74 Å². The maximum Gasteiger partial charge on any atom is 0.234 e. The molecular weight excluding hydrogens is 428 g/mol. The molecule has 0 saturated heterocycles. The zero-order valence-corrected chi connectivity index (χ0v) is 17.4. The van der Waals surface area contributed by atoms with Crippen LogP contribution in [0.4, 0.5) is 5.69 Å². The SMILES string of the molecule is Cc1cc(Br)ccc1NC(=O)CSc1nnc(COc2ccccc2)n1C. The van der Waals surface area contributed by atoms with Crippen LogP contribution in [0.5, 0.6) is 5.75 Å². The van der Waals surface area contributed by atoms with Crippen LogP contribution in [0.25, 0.3) is 0 Å². The highest BCUT2D eigenvalue weighted by Crippen LogP contribution is 2.21. The molecule has 0 atom stereocenters. The summed E-state index contributed by atoms with van der Waals surface area (Å²) in [5.74, 6) is 1.64. The van der Waals surface area contributed by atoms with E-state index in [1.165, 1.54) is 11.8 Å². The summed E-state index contributed by atoms with van der Waals surface area (Å²) in [6, 6.07) is 15.3. The van der Waals surface area contributed by atoms with Crippen LogP contribution in [0.2, 0.25) is 0 Å². The number of hydrogen-bond donors (Lipinski definition) is 1. The molecule has 0 bridgehead atoms. The van der Waals surface area contributed by atoms with Gasteiger partial charge in [-0.05, 0) is 42.8 Å². The molecule has 0 radical (unpaired) electrons. The summed E-state index contributed by atoms with van der Waals surface area (Å²) in [6.45, 7) is 2.27. The second-order valence-corrected chi connectivity index (χ2v) is 7.71. The molecule has 6 nitrogen and oxygen atoms in total. The van der Waals surface area contributed by atoms with Gasteiger partial charge in [0.15, 0.2) is 11.0 Å². The zero-order chi connectivity index (χ0) is 19.2. The fourth-order valence-electron chi connectivity index (χ4n) is 2.34. The number of para-hydroxylation sites is 1. The minimum Gasteiger partial charge on any atom is -0.486 e. The Bertz CT molecular complexity index is 931. The number of carbonyl (C=O) groups excluding carboxylic acids is 1. The highest BCUT2D eigenvalue weighted by atomic mass is 79.9. The lowest BCUT2D eigenvalue weighted by Crippen LogP contribution is -2.15. The lowest BCUT2D eigenvalue weighted by Gasteiger charge is -2.09. The third-order valence-electron chi connectivity index (χ3n) is 3.83. The highest BCUT2D eigenvalue weighted by molar-refractivity contribution is 9.10. The summed E-state index contributed by atoms with van der Waals surface area (Å²) in [7, 11) is 1.86. The molecule has 3 aromatic rings. The molecule has 0 aliphatic heterocycles. The zero-order valence-electron chi connectivity index (χ0n) is 15.0. The lowest BCUT2D eigenvalue weighted by molar-refractivity contribution is -0.113. The fourth-order valence-corrected chi connectivity index (χ4v) is 3.55. The number of halogens is 1. The third kappa shape index (κ3) is 5.33. The van der Waals surface area contributed by atoms with E-state index in [9.17, 15) is 4.79 Å². The van der Waals surface area contributed by atoms with Crippen molar-refractivity contribution in [2.75, 3.05) is 11.1 Å². The molecule has 1 aromatic heterocycles. The van der Waals surface area contributed by atoms with E-state index < -0.39 is 0 Å². The van der Waals surface area contributed by atoms with Gasteiger partial charge in [0.1, 0.15) is 12.4 Å². The second kappa shape index (κ2) is 9.05. The van der Waals surface area contributed by atoms with Crippen molar-refractivity contribution in [3.63, 3.8) is 0 Å².